The summed E-state index contributed by atoms with van der Waals surface area (Å²) in [7, 11) is 0. The van der Waals surface area contributed by atoms with Crippen molar-refractivity contribution in [2.75, 3.05) is 0 Å². The Morgan fingerprint density at radius 2 is 1.59 bits per heavy atom. The lowest BCUT2D eigenvalue weighted by Crippen LogP contribution is -3.66. The van der Waals surface area contributed by atoms with Gasteiger partial charge in [0.25, 0.3) is 3.92 Å². The van der Waals surface area contributed by atoms with E-state index >= 15 is 0 Å². The first-order valence-corrected chi connectivity index (χ1v) is 8.04. The quantitative estimate of drug-likeness (QED) is 0.403. The summed E-state index contributed by atoms with van der Waals surface area (Å²) in [6, 6.07) is 9.94. The van der Waals surface area contributed by atoms with E-state index in [2.05, 4.69) is 0 Å². The van der Waals surface area contributed by atoms with Crippen LogP contribution >= 0.6 is 0 Å². The van der Waals surface area contributed by atoms with Gasteiger partial charge < -0.3 is 0 Å². The summed E-state index contributed by atoms with van der Waals surface area (Å²) in [5.74, 6) is 0.311. The second-order valence-corrected chi connectivity index (χ2v) is 8.33. The highest BCUT2D eigenvalue weighted by molar-refractivity contribution is 6.07. The minimum absolute atomic E-state index is 0.134. The van der Waals surface area contributed by atoms with Crippen LogP contribution in [-0.4, -0.2) is 15.5 Å². The van der Waals surface area contributed by atoms with Crippen molar-refractivity contribution < 1.29 is 30.8 Å². The topological polar surface area (TPSA) is 34.1 Å². The van der Waals surface area contributed by atoms with E-state index in [1.54, 1.807) is 0 Å². The monoisotopic (exact) mass is 343 g/mol. The third-order valence-corrected chi connectivity index (χ3v) is 6.29. The van der Waals surface area contributed by atoms with Crippen molar-refractivity contribution >= 4 is 11.6 Å². The molecule has 1 saturated carbocycles. The first-order valence-electron chi connectivity index (χ1n) is 5.72. The molecule has 1 aliphatic carbocycles. The molecule has 90 valence electrons. The molecule has 3 heteroatoms. The van der Waals surface area contributed by atoms with Gasteiger partial charge in [0.1, 0.15) is 0 Å². The van der Waals surface area contributed by atoms with Crippen molar-refractivity contribution in [3.63, 3.8) is 0 Å². The molecule has 0 atom stereocenters. The van der Waals surface area contributed by atoms with Gasteiger partial charge in [-0.15, -0.1) is 0 Å². The van der Waals surface area contributed by atoms with Crippen LogP contribution in [0.25, 0.3) is 0 Å². The second-order valence-electron chi connectivity index (χ2n) is 5.22. The molecular formula is C14H16IO2+. The maximum absolute atomic E-state index is 12.0. The molecular weight excluding hydrogens is 327 g/mol. The van der Waals surface area contributed by atoms with Gasteiger partial charge in [-0.25, -0.2) is 0 Å². The largest absolute Gasteiger partial charge is 0.333 e. The number of halogens is 1. The molecule has 17 heavy (non-hydrogen) atoms. The summed E-state index contributed by atoms with van der Waals surface area (Å²) in [5, 5.41) is 0. The maximum atomic E-state index is 12.0. The SMILES string of the molecule is CC1(C)CC(=O)C([I+]c2ccccc2)C(=O)C1. The highest BCUT2D eigenvalue weighted by Crippen LogP contribution is 2.30. The molecule has 2 nitrogen and oxygen atoms in total. The van der Waals surface area contributed by atoms with Crippen molar-refractivity contribution in [1.82, 2.24) is 0 Å². The van der Waals surface area contributed by atoms with E-state index in [9.17, 15) is 9.59 Å². The Morgan fingerprint density at radius 3 is 2.12 bits per heavy atom. The molecule has 2 rings (SSSR count). The number of hydrogen-bond donors (Lipinski definition) is 0. The van der Waals surface area contributed by atoms with Crippen molar-refractivity contribution in [2.45, 2.75) is 30.6 Å². The molecule has 0 spiro atoms. The number of alkyl halides is 1. The van der Waals surface area contributed by atoms with Gasteiger partial charge in [0.15, 0.2) is 15.1 Å². The van der Waals surface area contributed by atoms with E-state index in [0.29, 0.717) is 12.8 Å². The van der Waals surface area contributed by atoms with Crippen LogP contribution in [0.3, 0.4) is 0 Å². The Balaban J connectivity index is 2.12. The van der Waals surface area contributed by atoms with Gasteiger partial charge in [-0.3, -0.25) is 9.59 Å². The van der Waals surface area contributed by atoms with Gasteiger partial charge in [-0.2, -0.15) is 0 Å². The number of benzene rings is 1. The van der Waals surface area contributed by atoms with Gasteiger partial charge in [0.05, 0.1) is 0 Å². The molecule has 0 amide bonds. The van der Waals surface area contributed by atoms with Gasteiger partial charge in [0.2, 0.25) is 0 Å². The number of carbonyl (C=O) groups is 2. The summed E-state index contributed by atoms with van der Waals surface area (Å²) in [6.07, 6.45) is 1.10. The molecule has 0 saturated heterocycles. The van der Waals surface area contributed by atoms with E-state index < -0.39 is 21.2 Å². The Kier molecular flexibility index (Phi) is 3.66. The first kappa shape index (κ1) is 12.7. The zero-order valence-electron chi connectivity index (χ0n) is 10.1. The number of hydrogen-bond acceptors (Lipinski definition) is 2. The number of Topliss-reactive ketones (excluding diaryl/α,β-unsaturated/α-hetero) is 2. The second kappa shape index (κ2) is 4.88. The number of carbonyl (C=O) groups excluding carboxylic acids is 2. The van der Waals surface area contributed by atoms with Crippen LogP contribution in [0.4, 0.5) is 0 Å². The predicted octanol–water partition coefficient (Wildman–Crippen LogP) is -0.728. The molecule has 0 radical (unpaired) electrons. The lowest BCUT2D eigenvalue weighted by molar-refractivity contribution is -0.637. The van der Waals surface area contributed by atoms with Crippen LogP contribution < -0.4 is 21.2 Å². The first-order chi connectivity index (χ1) is 7.98. The third-order valence-electron chi connectivity index (χ3n) is 2.84. The number of ketones is 2. The van der Waals surface area contributed by atoms with Crippen LogP contribution in [0.15, 0.2) is 30.3 Å². The molecule has 1 aliphatic rings. The molecule has 0 aromatic heterocycles. The molecule has 1 fully saturated rings. The molecule has 0 N–H and O–H groups in total. The van der Waals surface area contributed by atoms with Crippen LogP contribution in [0.1, 0.15) is 26.7 Å². The average molecular weight is 343 g/mol. The van der Waals surface area contributed by atoms with Gasteiger partial charge in [-0.05, 0) is 17.5 Å². The van der Waals surface area contributed by atoms with Crippen molar-refractivity contribution in [3.05, 3.63) is 33.9 Å². The molecule has 0 heterocycles. The lowest BCUT2D eigenvalue weighted by atomic mass is 9.76. The Hall–Kier alpha value is -0.710. The third kappa shape index (κ3) is 3.15. The lowest BCUT2D eigenvalue weighted by Gasteiger charge is -2.27. The predicted molar refractivity (Wildman–Crippen MR) is 62.0 cm³/mol. The van der Waals surface area contributed by atoms with E-state index in [-0.39, 0.29) is 20.9 Å². The number of rotatable bonds is 2. The highest BCUT2D eigenvalue weighted by Gasteiger charge is 2.47. The minimum atomic E-state index is -0.516. The maximum Gasteiger partial charge on any atom is 0.333 e. The van der Waals surface area contributed by atoms with Crippen LogP contribution in [0.5, 0.6) is 0 Å². The fourth-order valence-corrected chi connectivity index (χ4v) is 4.78. The minimum Gasteiger partial charge on any atom is -0.294 e. The normalized spacial score (nSPS) is 20.6. The van der Waals surface area contributed by atoms with E-state index in [1.807, 2.05) is 44.2 Å². The Morgan fingerprint density at radius 1 is 1.06 bits per heavy atom. The molecule has 1 aromatic carbocycles. The van der Waals surface area contributed by atoms with E-state index in [4.69, 9.17) is 0 Å². The van der Waals surface area contributed by atoms with Crippen molar-refractivity contribution in [3.8, 4) is 0 Å². The smallest absolute Gasteiger partial charge is 0.294 e. The van der Waals surface area contributed by atoms with Crippen LogP contribution in [0.2, 0.25) is 0 Å². The highest BCUT2D eigenvalue weighted by atomic mass is 127. The zero-order valence-corrected chi connectivity index (χ0v) is 12.2. The summed E-state index contributed by atoms with van der Waals surface area (Å²) in [4.78, 5) is 24.1. The Labute approximate surface area is 112 Å². The van der Waals surface area contributed by atoms with E-state index in [0.717, 1.165) is 0 Å². The summed E-state index contributed by atoms with van der Waals surface area (Å²) < 4.78 is 0.877. The van der Waals surface area contributed by atoms with Crippen LogP contribution in [-0.2, 0) is 9.59 Å². The zero-order chi connectivity index (χ0) is 12.5. The summed E-state index contributed by atoms with van der Waals surface area (Å²) in [5.41, 5.74) is -0.134. The van der Waals surface area contributed by atoms with E-state index in [1.165, 1.54) is 3.57 Å². The average Bonchev–Trinajstić information content (AvgIpc) is 2.24. The van der Waals surface area contributed by atoms with Gasteiger partial charge in [-0.1, -0.05) is 32.0 Å². The Bertz CT molecular complexity index is 417. The summed E-state index contributed by atoms with van der Waals surface area (Å²) >= 11 is -0.516. The molecule has 0 unspecified atom stereocenters. The molecule has 1 aromatic rings. The fraction of sp³-hybridized carbons (Fsp3) is 0.429. The van der Waals surface area contributed by atoms with Gasteiger partial charge >= 0.3 is 21.2 Å². The molecule has 0 aliphatic heterocycles. The van der Waals surface area contributed by atoms with Gasteiger partial charge in [0, 0.05) is 12.8 Å². The van der Waals surface area contributed by atoms with Crippen molar-refractivity contribution in [1.29, 1.82) is 0 Å². The standard InChI is InChI=1S/C14H16IO2/c1-14(2)8-11(16)13(12(17)9-14)15-10-6-4-3-5-7-10/h3-7,13H,8-9H2,1-2H3/q+1. The summed E-state index contributed by atoms with van der Waals surface area (Å²) in [6.45, 7) is 4.00. The molecule has 0 bridgehead atoms. The van der Waals surface area contributed by atoms with Crippen LogP contribution in [0, 0.1) is 8.99 Å². The van der Waals surface area contributed by atoms with Crippen molar-refractivity contribution in [2.24, 2.45) is 5.41 Å². The fourth-order valence-electron chi connectivity index (χ4n) is 2.10.